The predicted molar refractivity (Wildman–Crippen MR) is 100.0 cm³/mol. The Morgan fingerprint density at radius 3 is 2.83 bits per heavy atom. The van der Waals surface area contributed by atoms with Crippen LogP contribution in [0.25, 0.3) is 0 Å². The van der Waals surface area contributed by atoms with Gasteiger partial charge >= 0.3 is 5.97 Å². The lowest BCUT2D eigenvalue weighted by Gasteiger charge is -2.21. The summed E-state index contributed by atoms with van der Waals surface area (Å²) in [4.78, 5) is 18.2. The maximum Gasteiger partial charge on any atom is 0.310 e. The summed E-state index contributed by atoms with van der Waals surface area (Å²) in [6.45, 7) is 7.06. The molecule has 7 nitrogen and oxygen atoms in total. The van der Waals surface area contributed by atoms with Crippen LogP contribution < -0.4 is 5.32 Å². The first-order chi connectivity index (χ1) is 10.5. The van der Waals surface area contributed by atoms with Crippen molar-refractivity contribution in [3.63, 3.8) is 0 Å². The number of aryl methyl sites for hydroxylation is 1. The van der Waals surface area contributed by atoms with Crippen LogP contribution in [0.2, 0.25) is 0 Å². The Morgan fingerprint density at radius 1 is 1.52 bits per heavy atom. The van der Waals surface area contributed by atoms with Gasteiger partial charge in [-0.1, -0.05) is 6.92 Å². The van der Waals surface area contributed by atoms with E-state index in [2.05, 4.69) is 27.2 Å². The van der Waals surface area contributed by atoms with Crippen LogP contribution in [0.4, 0.5) is 0 Å². The number of hydrogen-bond donors (Lipinski definition) is 1. The molecule has 1 aromatic rings. The van der Waals surface area contributed by atoms with Crippen LogP contribution in [0.5, 0.6) is 0 Å². The van der Waals surface area contributed by atoms with Gasteiger partial charge in [0.15, 0.2) is 5.96 Å². The number of halogens is 1. The monoisotopic (exact) mass is 435 g/mol. The van der Waals surface area contributed by atoms with E-state index in [0.717, 1.165) is 31.2 Å². The highest BCUT2D eigenvalue weighted by Crippen LogP contribution is 2.23. The van der Waals surface area contributed by atoms with E-state index in [0.29, 0.717) is 6.54 Å². The quantitative estimate of drug-likeness (QED) is 0.332. The second kappa shape index (κ2) is 9.09. The first-order valence-corrected chi connectivity index (χ1v) is 7.57. The predicted octanol–water partition coefficient (Wildman–Crippen LogP) is 1.13. The topological polar surface area (TPSA) is 71.8 Å². The van der Waals surface area contributed by atoms with Crippen molar-refractivity contribution < 1.29 is 9.53 Å². The van der Waals surface area contributed by atoms with Gasteiger partial charge < -0.3 is 15.0 Å². The molecule has 1 aromatic heterocycles. The van der Waals surface area contributed by atoms with E-state index in [9.17, 15) is 4.79 Å². The van der Waals surface area contributed by atoms with E-state index in [1.165, 1.54) is 7.11 Å². The molecule has 2 unspecified atom stereocenters. The lowest BCUT2D eigenvalue weighted by atomic mass is 9.99. The zero-order chi connectivity index (χ0) is 16.1. The average molecular weight is 435 g/mol. The number of rotatable bonds is 4. The van der Waals surface area contributed by atoms with Gasteiger partial charge in [0.2, 0.25) is 0 Å². The summed E-state index contributed by atoms with van der Waals surface area (Å²) in [5.41, 5.74) is 1.15. The van der Waals surface area contributed by atoms with Crippen molar-refractivity contribution in [3.05, 3.63) is 18.0 Å². The SMILES string of the molecule is CN=C(NCCn1cc(C)cn1)N1CC(C)C(C(=O)OC)C1.I. The Bertz CT molecular complexity index is 546. The second-order valence-corrected chi connectivity index (χ2v) is 5.77. The van der Waals surface area contributed by atoms with Gasteiger partial charge in [0.25, 0.3) is 0 Å². The highest BCUT2D eigenvalue weighted by atomic mass is 127. The van der Waals surface area contributed by atoms with Gasteiger partial charge in [-0.2, -0.15) is 5.10 Å². The molecule has 1 aliphatic heterocycles. The Kier molecular flexibility index (Phi) is 7.80. The zero-order valence-electron chi connectivity index (χ0n) is 14.2. The number of carbonyl (C=O) groups excluding carboxylic acids is 1. The largest absolute Gasteiger partial charge is 0.469 e. The van der Waals surface area contributed by atoms with E-state index < -0.39 is 0 Å². The first kappa shape index (κ1) is 19.7. The molecule has 2 atom stereocenters. The fourth-order valence-corrected chi connectivity index (χ4v) is 2.80. The molecule has 2 rings (SSSR count). The number of methoxy groups -OCH3 is 1. The van der Waals surface area contributed by atoms with Gasteiger partial charge in [-0.3, -0.25) is 14.5 Å². The molecule has 0 saturated carbocycles. The van der Waals surface area contributed by atoms with Crippen molar-refractivity contribution >= 4 is 35.9 Å². The fraction of sp³-hybridized carbons (Fsp3) is 0.667. The van der Waals surface area contributed by atoms with E-state index >= 15 is 0 Å². The van der Waals surface area contributed by atoms with Gasteiger partial charge in [0.1, 0.15) is 0 Å². The molecular weight excluding hydrogens is 409 g/mol. The number of nitrogens with one attached hydrogen (secondary N) is 1. The minimum Gasteiger partial charge on any atom is -0.469 e. The molecule has 0 aromatic carbocycles. The number of likely N-dealkylation sites (tertiary alicyclic amines) is 1. The molecule has 1 fully saturated rings. The Labute approximate surface area is 154 Å². The van der Waals surface area contributed by atoms with Crippen LogP contribution in [0.15, 0.2) is 17.4 Å². The van der Waals surface area contributed by atoms with Gasteiger partial charge in [-0.25, -0.2) is 0 Å². The summed E-state index contributed by atoms with van der Waals surface area (Å²) in [5, 5.41) is 7.59. The standard InChI is InChI=1S/C15H25N5O2.HI/c1-11-7-18-20(8-11)6-5-17-15(16-3)19-9-12(2)13(10-19)14(21)22-4;/h7-8,12-13H,5-6,9-10H2,1-4H3,(H,16,17);1H. The van der Waals surface area contributed by atoms with Crippen molar-refractivity contribution in [3.8, 4) is 0 Å². The molecule has 8 heteroatoms. The number of aliphatic imine (C=N–C) groups is 1. The number of guanidine groups is 1. The van der Waals surface area contributed by atoms with Crippen molar-refractivity contribution in [1.82, 2.24) is 20.0 Å². The molecule has 23 heavy (non-hydrogen) atoms. The van der Waals surface area contributed by atoms with Crippen molar-refractivity contribution in [2.45, 2.75) is 20.4 Å². The van der Waals surface area contributed by atoms with Gasteiger partial charge in [0.05, 0.1) is 25.8 Å². The van der Waals surface area contributed by atoms with E-state index in [-0.39, 0.29) is 41.8 Å². The van der Waals surface area contributed by atoms with Crippen LogP contribution in [0.1, 0.15) is 12.5 Å². The summed E-state index contributed by atoms with van der Waals surface area (Å²) < 4.78 is 6.77. The minimum atomic E-state index is -0.141. The van der Waals surface area contributed by atoms with Crippen LogP contribution in [-0.2, 0) is 16.1 Å². The Hall–Kier alpha value is -1.32. The number of hydrogen-bond acceptors (Lipinski definition) is 4. The minimum absolute atomic E-state index is 0. The van der Waals surface area contributed by atoms with Crippen molar-refractivity contribution in [2.24, 2.45) is 16.8 Å². The lowest BCUT2D eigenvalue weighted by molar-refractivity contribution is -0.145. The Morgan fingerprint density at radius 2 is 2.26 bits per heavy atom. The molecule has 1 N–H and O–H groups in total. The van der Waals surface area contributed by atoms with Crippen LogP contribution in [0.3, 0.4) is 0 Å². The third-order valence-electron chi connectivity index (χ3n) is 4.01. The van der Waals surface area contributed by atoms with Gasteiger partial charge in [-0.15, -0.1) is 24.0 Å². The average Bonchev–Trinajstić information content (AvgIpc) is 3.09. The highest BCUT2D eigenvalue weighted by molar-refractivity contribution is 14.0. The third-order valence-corrected chi connectivity index (χ3v) is 4.01. The maximum absolute atomic E-state index is 11.8. The number of esters is 1. The molecule has 1 saturated heterocycles. The molecule has 0 bridgehead atoms. The lowest BCUT2D eigenvalue weighted by Crippen LogP contribution is -2.41. The normalized spacial score (nSPS) is 21.0. The Balaban J connectivity index is 0.00000264. The third kappa shape index (κ3) is 5.08. The molecule has 0 aliphatic carbocycles. The highest BCUT2D eigenvalue weighted by Gasteiger charge is 2.36. The molecule has 0 radical (unpaired) electrons. The summed E-state index contributed by atoms with van der Waals surface area (Å²) in [5.74, 6) is 0.858. The smallest absolute Gasteiger partial charge is 0.310 e. The van der Waals surface area contributed by atoms with E-state index in [1.54, 1.807) is 7.05 Å². The molecular formula is C15H26IN5O2. The zero-order valence-corrected chi connectivity index (χ0v) is 16.5. The summed E-state index contributed by atoms with van der Waals surface area (Å²) >= 11 is 0. The second-order valence-electron chi connectivity index (χ2n) is 5.77. The van der Waals surface area contributed by atoms with E-state index in [4.69, 9.17) is 4.74 Å². The van der Waals surface area contributed by atoms with Crippen LogP contribution >= 0.6 is 24.0 Å². The number of nitrogens with zero attached hydrogens (tertiary/aromatic N) is 4. The van der Waals surface area contributed by atoms with Gasteiger partial charge in [-0.05, 0) is 18.4 Å². The molecule has 1 aliphatic rings. The molecule has 0 amide bonds. The summed E-state index contributed by atoms with van der Waals surface area (Å²) in [6, 6.07) is 0. The summed E-state index contributed by atoms with van der Waals surface area (Å²) in [7, 11) is 3.20. The van der Waals surface area contributed by atoms with Gasteiger partial charge in [0, 0.05) is 32.9 Å². The maximum atomic E-state index is 11.8. The molecule has 2 heterocycles. The number of ether oxygens (including phenoxy) is 1. The van der Waals surface area contributed by atoms with Crippen molar-refractivity contribution in [2.75, 3.05) is 33.8 Å². The van der Waals surface area contributed by atoms with E-state index in [1.807, 2.05) is 24.0 Å². The summed E-state index contributed by atoms with van der Waals surface area (Å²) in [6.07, 6.45) is 3.85. The first-order valence-electron chi connectivity index (χ1n) is 7.57. The fourth-order valence-electron chi connectivity index (χ4n) is 2.80. The number of carbonyl (C=O) groups is 1. The number of aromatic nitrogens is 2. The molecule has 130 valence electrons. The van der Waals surface area contributed by atoms with Crippen LogP contribution in [0, 0.1) is 18.8 Å². The van der Waals surface area contributed by atoms with Crippen molar-refractivity contribution in [1.29, 1.82) is 0 Å². The molecule has 0 spiro atoms. The van der Waals surface area contributed by atoms with Crippen LogP contribution in [-0.4, -0.2) is 60.4 Å².